The lowest BCUT2D eigenvalue weighted by Crippen LogP contribution is -2.27. The van der Waals surface area contributed by atoms with Crippen LogP contribution in [0.4, 0.5) is 8.78 Å². The fourth-order valence-electron chi connectivity index (χ4n) is 1.51. The Labute approximate surface area is 80.4 Å². The van der Waals surface area contributed by atoms with E-state index in [0.717, 1.165) is 0 Å². The van der Waals surface area contributed by atoms with Crippen molar-refractivity contribution in [1.29, 1.82) is 0 Å². The molecular formula is C10H11F2NO. The first kappa shape index (κ1) is 9.40. The largest absolute Gasteiger partial charge is 0.508 e. The van der Waals surface area contributed by atoms with Crippen LogP contribution < -0.4 is 5.73 Å². The summed E-state index contributed by atoms with van der Waals surface area (Å²) in [5.74, 6) is -2.83. The standard InChI is InChI=1S/C10H11F2NO/c1-6-2-3-7(4-8(6)14)9(13)5-10(9,11)12/h2-4,14H,5,13H2,1H3. The number of phenolic OH excluding ortho intramolecular Hbond substituents is 1. The number of nitrogens with two attached hydrogens (primary N) is 1. The Balaban J connectivity index is 2.40. The molecule has 4 heteroatoms. The van der Waals surface area contributed by atoms with Gasteiger partial charge >= 0.3 is 0 Å². The van der Waals surface area contributed by atoms with Crippen LogP contribution in [0.2, 0.25) is 0 Å². The summed E-state index contributed by atoms with van der Waals surface area (Å²) >= 11 is 0. The van der Waals surface area contributed by atoms with Gasteiger partial charge in [0.25, 0.3) is 5.92 Å². The molecule has 2 rings (SSSR count). The van der Waals surface area contributed by atoms with Crippen LogP contribution in [0.1, 0.15) is 17.5 Å². The Kier molecular flexibility index (Phi) is 1.64. The van der Waals surface area contributed by atoms with Gasteiger partial charge in [-0.25, -0.2) is 8.78 Å². The highest BCUT2D eigenvalue weighted by Gasteiger charge is 2.69. The minimum Gasteiger partial charge on any atom is -0.508 e. The molecule has 0 aromatic heterocycles. The Morgan fingerprint density at radius 2 is 2.00 bits per heavy atom. The smallest absolute Gasteiger partial charge is 0.272 e. The Hall–Kier alpha value is -1.16. The summed E-state index contributed by atoms with van der Waals surface area (Å²) in [5, 5.41) is 9.36. The van der Waals surface area contributed by atoms with Crippen molar-refractivity contribution in [3.63, 3.8) is 0 Å². The normalized spacial score (nSPS) is 28.9. The highest BCUT2D eigenvalue weighted by molar-refractivity contribution is 5.43. The zero-order valence-corrected chi connectivity index (χ0v) is 7.72. The molecule has 1 aliphatic carbocycles. The van der Waals surface area contributed by atoms with Crippen LogP contribution in [0.15, 0.2) is 18.2 Å². The zero-order chi connectivity index (χ0) is 10.6. The average Bonchev–Trinajstić information content (AvgIpc) is 2.58. The fourth-order valence-corrected chi connectivity index (χ4v) is 1.51. The van der Waals surface area contributed by atoms with Crippen LogP contribution in [0.5, 0.6) is 5.75 Å². The van der Waals surface area contributed by atoms with Crippen molar-refractivity contribution >= 4 is 0 Å². The number of hydrogen-bond acceptors (Lipinski definition) is 2. The predicted molar refractivity (Wildman–Crippen MR) is 48.3 cm³/mol. The van der Waals surface area contributed by atoms with Crippen LogP contribution in [0.25, 0.3) is 0 Å². The molecule has 1 saturated carbocycles. The number of rotatable bonds is 1. The van der Waals surface area contributed by atoms with Crippen molar-refractivity contribution in [2.45, 2.75) is 24.8 Å². The Morgan fingerprint density at radius 1 is 1.43 bits per heavy atom. The maximum absolute atomic E-state index is 12.9. The molecule has 1 aromatic rings. The first-order chi connectivity index (χ1) is 6.37. The lowest BCUT2D eigenvalue weighted by atomic mass is 10.0. The number of aryl methyl sites for hydroxylation is 1. The van der Waals surface area contributed by atoms with E-state index in [1.165, 1.54) is 12.1 Å². The second-order valence-electron chi connectivity index (χ2n) is 3.85. The van der Waals surface area contributed by atoms with E-state index in [9.17, 15) is 13.9 Å². The molecule has 76 valence electrons. The Bertz CT molecular complexity index is 392. The molecule has 1 aliphatic rings. The van der Waals surface area contributed by atoms with E-state index < -0.39 is 11.5 Å². The second kappa shape index (κ2) is 2.45. The van der Waals surface area contributed by atoms with Gasteiger partial charge < -0.3 is 10.8 Å². The highest BCUT2D eigenvalue weighted by atomic mass is 19.3. The molecular weight excluding hydrogens is 188 g/mol. The summed E-state index contributed by atoms with van der Waals surface area (Å²) in [4.78, 5) is 0. The van der Waals surface area contributed by atoms with Crippen molar-refractivity contribution in [2.75, 3.05) is 0 Å². The van der Waals surface area contributed by atoms with Crippen LogP contribution in [-0.2, 0) is 5.54 Å². The molecule has 2 nitrogen and oxygen atoms in total. The van der Waals surface area contributed by atoms with E-state index in [2.05, 4.69) is 0 Å². The first-order valence-electron chi connectivity index (χ1n) is 4.34. The van der Waals surface area contributed by atoms with E-state index in [1.807, 2.05) is 0 Å². The van der Waals surface area contributed by atoms with Crippen LogP contribution in [-0.4, -0.2) is 11.0 Å². The molecule has 0 radical (unpaired) electrons. The quantitative estimate of drug-likeness (QED) is 0.725. The molecule has 0 spiro atoms. The molecule has 0 saturated heterocycles. The molecule has 1 atom stereocenters. The third-order valence-corrected chi connectivity index (χ3v) is 2.75. The van der Waals surface area contributed by atoms with Gasteiger partial charge in [-0.15, -0.1) is 0 Å². The summed E-state index contributed by atoms with van der Waals surface area (Å²) in [6, 6.07) is 4.44. The lowest BCUT2D eigenvalue weighted by Gasteiger charge is -2.11. The average molecular weight is 199 g/mol. The van der Waals surface area contributed by atoms with Gasteiger partial charge in [0, 0.05) is 6.42 Å². The van der Waals surface area contributed by atoms with Crippen LogP contribution in [0, 0.1) is 6.92 Å². The van der Waals surface area contributed by atoms with Gasteiger partial charge in [-0.3, -0.25) is 0 Å². The maximum Gasteiger partial charge on any atom is 0.272 e. The number of phenols is 1. The van der Waals surface area contributed by atoms with Gasteiger partial charge in [0.2, 0.25) is 0 Å². The van der Waals surface area contributed by atoms with Crippen molar-refractivity contribution in [3.8, 4) is 5.75 Å². The van der Waals surface area contributed by atoms with Gasteiger partial charge in [-0.1, -0.05) is 12.1 Å². The number of halogens is 2. The van der Waals surface area contributed by atoms with Gasteiger partial charge in [0.15, 0.2) is 0 Å². The van der Waals surface area contributed by atoms with E-state index in [0.29, 0.717) is 11.1 Å². The summed E-state index contributed by atoms with van der Waals surface area (Å²) in [6.45, 7) is 1.70. The molecule has 3 N–H and O–H groups in total. The molecule has 1 fully saturated rings. The van der Waals surface area contributed by atoms with E-state index in [4.69, 9.17) is 5.73 Å². The molecule has 0 amide bonds. The van der Waals surface area contributed by atoms with E-state index >= 15 is 0 Å². The molecule has 1 unspecified atom stereocenters. The van der Waals surface area contributed by atoms with Crippen molar-refractivity contribution < 1.29 is 13.9 Å². The van der Waals surface area contributed by atoms with Crippen LogP contribution in [0.3, 0.4) is 0 Å². The minimum atomic E-state index is -2.84. The zero-order valence-electron chi connectivity index (χ0n) is 7.72. The number of hydrogen-bond donors (Lipinski definition) is 2. The van der Waals surface area contributed by atoms with Crippen molar-refractivity contribution in [3.05, 3.63) is 29.3 Å². The summed E-state index contributed by atoms with van der Waals surface area (Å²) in [7, 11) is 0. The van der Waals surface area contributed by atoms with Gasteiger partial charge in [0.1, 0.15) is 11.3 Å². The maximum atomic E-state index is 12.9. The summed E-state index contributed by atoms with van der Waals surface area (Å²) in [6.07, 6.45) is -0.345. The van der Waals surface area contributed by atoms with Gasteiger partial charge in [0.05, 0.1) is 0 Å². The third kappa shape index (κ3) is 1.10. The molecule has 14 heavy (non-hydrogen) atoms. The van der Waals surface area contributed by atoms with Crippen molar-refractivity contribution in [2.24, 2.45) is 5.73 Å². The van der Waals surface area contributed by atoms with Gasteiger partial charge in [-0.05, 0) is 24.1 Å². The third-order valence-electron chi connectivity index (χ3n) is 2.75. The minimum absolute atomic E-state index is 0.00928. The van der Waals surface area contributed by atoms with E-state index in [-0.39, 0.29) is 12.2 Å². The van der Waals surface area contributed by atoms with Crippen LogP contribution >= 0.6 is 0 Å². The lowest BCUT2D eigenvalue weighted by molar-refractivity contribution is 0.0891. The summed E-state index contributed by atoms with van der Waals surface area (Å²) < 4.78 is 25.8. The first-order valence-corrected chi connectivity index (χ1v) is 4.34. The highest BCUT2D eigenvalue weighted by Crippen LogP contribution is 2.57. The molecule has 0 heterocycles. The number of benzene rings is 1. The topological polar surface area (TPSA) is 46.2 Å². The van der Waals surface area contributed by atoms with E-state index in [1.54, 1.807) is 13.0 Å². The van der Waals surface area contributed by atoms with Gasteiger partial charge in [-0.2, -0.15) is 0 Å². The SMILES string of the molecule is Cc1ccc(C2(N)CC2(F)F)cc1O. The van der Waals surface area contributed by atoms with Crippen molar-refractivity contribution in [1.82, 2.24) is 0 Å². The second-order valence-corrected chi connectivity index (χ2v) is 3.85. The predicted octanol–water partition coefficient (Wildman–Crippen LogP) is 1.89. The monoisotopic (exact) mass is 199 g/mol. The fraction of sp³-hybridized carbons (Fsp3) is 0.400. The molecule has 1 aromatic carbocycles. The number of aromatic hydroxyl groups is 1. The number of alkyl halides is 2. The molecule has 0 bridgehead atoms. The Morgan fingerprint density at radius 3 is 2.43 bits per heavy atom. The summed E-state index contributed by atoms with van der Waals surface area (Å²) in [5.41, 5.74) is 4.88. The molecule has 0 aliphatic heterocycles.